The van der Waals surface area contributed by atoms with Gasteiger partial charge in [-0.25, -0.2) is 0 Å². The van der Waals surface area contributed by atoms with E-state index < -0.39 is 11.9 Å². The van der Waals surface area contributed by atoms with Gasteiger partial charge in [0.05, 0.1) is 5.97 Å². The number of carboxylic acids is 1. The van der Waals surface area contributed by atoms with E-state index in [0.717, 1.165) is 5.56 Å². The molecule has 0 aliphatic carbocycles. The maximum absolute atomic E-state index is 12.3. The van der Waals surface area contributed by atoms with Crippen molar-refractivity contribution in [2.45, 2.75) is 6.92 Å². The zero-order valence-corrected chi connectivity index (χ0v) is 14.9. The van der Waals surface area contributed by atoms with Crippen LogP contribution in [0.4, 0.5) is 5.69 Å². The third-order valence-corrected chi connectivity index (χ3v) is 3.99. The summed E-state index contributed by atoms with van der Waals surface area (Å²) >= 11 is 0. The zero-order chi connectivity index (χ0) is 20.1. The van der Waals surface area contributed by atoms with Crippen molar-refractivity contribution in [2.24, 2.45) is 0 Å². The predicted molar refractivity (Wildman–Crippen MR) is 102 cm³/mol. The van der Waals surface area contributed by atoms with Gasteiger partial charge in [-0.05, 0) is 36.8 Å². The summed E-state index contributed by atoms with van der Waals surface area (Å²) in [6.45, 7) is 1.94. The van der Waals surface area contributed by atoms with Crippen LogP contribution in [0.2, 0.25) is 0 Å². The van der Waals surface area contributed by atoms with Gasteiger partial charge in [-0.15, -0.1) is 0 Å². The Morgan fingerprint density at radius 2 is 1.71 bits per heavy atom. The molecule has 1 aromatic heterocycles. The number of carbonyl (C=O) groups is 2. The standard InChI is InChI=1S/C22H16N2O4/c1-14-2-8-18(9-3-14)24-21(25)17(13-23)12-19-10-11-20(28-19)15-4-6-16(7-5-15)22(26)27/h2-12H,1H3,(H,24,25)(H,26,27)/p-1/b17-12-. The number of carbonyl (C=O) groups excluding carboxylic acids is 2. The van der Waals surface area contributed by atoms with Crippen LogP contribution in [0, 0.1) is 18.3 Å². The predicted octanol–water partition coefficient (Wildman–Crippen LogP) is 3.16. The van der Waals surface area contributed by atoms with Crippen LogP contribution in [-0.4, -0.2) is 11.9 Å². The summed E-state index contributed by atoms with van der Waals surface area (Å²) in [5.74, 6) is -0.988. The first-order valence-electron chi connectivity index (χ1n) is 8.37. The lowest BCUT2D eigenvalue weighted by Crippen LogP contribution is -2.21. The van der Waals surface area contributed by atoms with Gasteiger partial charge < -0.3 is 19.6 Å². The molecular formula is C22H15N2O4-. The molecule has 0 fully saturated rings. The number of hydrogen-bond acceptors (Lipinski definition) is 5. The normalized spacial score (nSPS) is 10.9. The van der Waals surface area contributed by atoms with Gasteiger partial charge in [0.2, 0.25) is 0 Å². The number of hydrogen-bond donors (Lipinski definition) is 1. The van der Waals surface area contributed by atoms with Gasteiger partial charge in [0.15, 0.2) is 0 Å². The van der Waals surface area contributed by atoms with Gasteiger partial charge >= 0.3 is 0 Å². The van der Waals surface area contributed by atoms with E-state index in [9.17, 15) is 20.0 Å². The minimum Gasteiger partial charge on any atom is -0.545 e. The molecule has 1 N–H and O–H groups in total. The molecule has 0 saturated heterocycles. The second-order valence-electron chi connectivity index (χ2n) is 6.06. The Morgan fingerprint density at radius 3 is 2.32 bits per heavy atom. The van der Waals surface area contributed by atoms with E-state index in [1.807, 2.05) is 25.1 Å². The number of furan rings is 1. The van der Waals surface area contributed by atoms with Crippen molar-refractivity contribution in [2.75, 3.05) is 5.32 Å². The highest BCUT2D eigenvalue weighted by atomic mass is 16.4. The number of aryl methyl sites for hydroxylation is 1. The van der Waals surface area contributed by atoms with Crippen molar-refractivity contribution >= 4 is 23.6 Å². The molecule has 0 bridgehead atoms. The van der Waals surface area contributed by atoms with Crippen molar-refractivity contribution < 1.29 is 19.1 Å². The maximum Gasteiger partial charge on any atom is 0.266 e. The summed E-state index contributed by atoms with van der Waals surface area (Å²) < 4.78 is 5.65. The number of carboxylic acid groups (broad SMARTS) is 1. The van der Waals surface area contributed by atoms with Crippen molar-refractivity contribution in [3.05, 3.63) is 83.1 Å². The van der Waals surface area contributed by atoms with Crippen LogP contribution in [0.25, 0.3) is 17.4 Å². The highest BCUT2D eigenvalue weighted by Crippen LogP contribution is 2.24. The highest BCUT2D eigenvalue weighted by Gasteiger charge is 2.11. The van der Waals surface area contributed by atoms with Crippen LogP contribution in [0.3, 0.4) is 0 Å². The molecule has 0 saturated carbocycles. The molecule has 0 aliphatic rings. The maximum atomic E-state index is 12.3. The molecule has 28 heavy (non-hydrogen) atoms. The Hall–Kier alpha value is -4.11. The lowest BCUT2D eigenvalue weighted by Gasteiger charge is -2.04. The second-order valence-corrected chi connectivity index (χ2v) is 6.06. The van der Waals surface area contributed by atoms with Gasteiger partial charge in [-0.3, -0.25) is 4.79 Å². The third kappa shape index (κ3) is 4.34. The van der Waals surface area contributed by atoms with E-state index in [0.29, 0.717) is 22.8 Å². The summed E-state index contributed by atoms with van der Waals surface area (Å²) in [6, 6.07) is 18.4. The second kappa shape index (κ2) is 8.06. The summed E-state index contributed by atoms with van der Waals surface area (Å²) in [5, 5.41) is 22.8. The molecule has 3 rings (SSSR count). The van der Waals surface area contributed by atoms with E-state index >= 15 is 0 Å². The van der Waals surface area contributed by atoms with Gasteiger partial charge in [0.25, 0.3) is 5.91 Å². The van der Waals surface area contributed by atoms with Crippen LogP contribution in [0.5, 0.6) is 0 Å². The number of benzene rings is 2. The Labute approximate surface area is 161 Å². The first-order valence-corrected chi connectivity index (χ1v) is 8.37. The molecule has 6 nitrogen and oxygen atoms in total. The largest absolute Gasteiger partial charge is 0.545 e. The topological polar surface area (TPSA) is 106 Å². The van der Waals surface area contributed by atoms with Crippen LogP contribution >= 0.6 is 0 Å². The molecule has 0 radical (unpaired) electrons. The molecule has 0 unspecified atom stereocenters. The fourth-order valence-corrected chi connectivity index (χ4v) is 2.48. The third-order valence-electron chi connectivity index (χ3n) is 3.99. The fourth-order valence-electron chi connectivity index (χ4n) is 2.48. The first-order chi connectivity index (χ1) is 13.5. The molecule has 0 atom stereocenters. The number of aromatic carboxylic acids is 1. The number of nitrogens with one attached hydrogen (secondary N) is 1. The average Bonchev–Trinajstić information content (AvgIpc) is 3.16. The Balaban J connectivity index is 1.78. The summed E-state index contributed by atoms with van der Waals surface area (Å²) in [4.78, 5) is 23.1. The van der Waals surface area contributed by atoms with Crippen LogP contribution in [-0.2, 0) is 4.79 Å². The lowest BCUT2D eigenvalue weighted by molar-refractivity contribution is -0.255. The monoisotopic (exact) mass is 371 g/mol. The smallest absolute Gasteiger partial charge is 0.266 e. The van der Waals surface area contributed by atoms with Crippen LogP contribution < -0.4 is 10.4 Å². The van der Waals surface area contributed by atoms with E-state index in [-0.39, 0.29) is 11.1 Å². The number of nitriles is 1. The molecular weight excluding hydrogens is 356 g/mol. The molecule has 1 heterocycles. The zero-order valence-electron chi connectivity index (χ0n) is 14.9. The van der Waals surface area contributed by atoms with E-state index in [2.05, 4.69) is 5.32 Å². The van der Waals surface area contributed by atoms with Crippen LogP contribution in [0.15, 0.2) is 70.7 Å². The molecule has 0 spiro atoms. The SMILES string of the molecule is Cc1ccc(NC(=O)/C(C#N)=C\c2ccc(-c3ccc(C(=O)[O-])cc3)o2)cc1. The quantitative estimate of drug-likeness (QED) is 0.548. The van der Waals surface area contributed by atoms with Gasteiger partial charge in [-0.2, -0.15) is 5.26 Å². The number of nitrogens with zero attached hydrogens (tertiary/aromatic N) is 1. The fraction of sp³-hybridized carbons (Fsp3) is 0.0455. The first kappa shape index (κ1) is 18.7. The minimum atomic E-state index is -1.26. The van der Waals surface area contributed by atoms with Gasteiger partial charge in [0, 0.05) is 17.3 Å². The summed E-state index contributed by atoms with van der Waals surface area (Å²) in [6.07, 6.45) is 1.35. The van der Waals surface area contributed by atoms with E-state index in [1.54, 1.807) is 36.4 Å². The molecule has 3 aromatic rings. The number of rotatable bonds is 5. The number of anilines is 1. The van der Waals surface area contributed by atoms with Crippen molar-refractivity contribution in [1.82, 2.24) is 0 Å². The minimum absolute atomic E-state index is 0.0648. The molecule has 138 valence electrons. The van der Waals surface area contributed by atoms with Crippen molar-refractivity contribution in [3.63, 3.8) is 0 Å². The van der Waals surface area contributed by atoms with E-state index in [4.69, 9.17) is 4.42 Å². The van der Waals surface area contributed by atoms with Crippen molar-refractivity contribution in [1.29, 1.82) is 5.26 Å². The molecule has 6 heteroatoms. The van der Waals surface area contributed by atoms with Crippen LogP contribution in [0.1, 0.15) is 21.7 Å². The van der Waals surface area contributed by atoms with Crippen molar-refractivity contribution in [3.8, 4) is 17.4 Å². The van der Waals surface area contributed by atoms with Gasteiger partial charge in [0.1, 0.15) is 23.2 Å². The summed E-state index contributed by atoms with van der Waals surface area (Å²) in [7, 11) is 0. The lowest BCUT2D eigenvalue weighted by atomic mass is 10.1. The molecule has 0 aliphatic heterocycles. The Morgan fingerprint density at radius 1 is 1.04 bits per heavy atom. The molecule has 2 aromatic carbocycles. The summed E-state index contributed by atoms with van der Waals surface area (Å²) in [5.41, 5.74) is 2.27. The average molecular weight is 371 g/mol. The Bertz CT molecular complexity index is 1080. The van der Waals surface area contributed by atoms with E-state index in [1.165, 1.54) is 18.2 Å². The number of amides is 1. The highest BCUT2D eigenvalue weighted by molar-refractivity contribution is 6.09. The molecule has 1 amide bonds. The Kier molecular flexibility index (Phi) is 5.38. The van der Waals surface area contributed by atoms with Gasteiger partial charge in [-0.1, -0.05) is 42.0 Å².